The zero-order chi connectivity index (χ0) is 19.7. The van der Waals surface area contributed by atoms with E-state index in [1.165, 1.54) is 18.3 Å². The Kier molecular flexibility index (Phi) is 4.97. The summed E-state index contributed by atoms with van der Waals surface area (Å²) < 4.78 is 71.2. The van der Waals surface area contributed by atoms with Crippen molar-refractivity contribution < 1.29 is 26.3 Å². The van der Waals surface area contributed by atoms with Crippen LogP contribution in [-0.4, -0.2) is 20.0 Å². The Balaban J connectivity index is 1.99. The predicted molar refractivity (Wildman–Crippen MR) is 95.2 cm³/mol. The molecule has 1 aromatic heterocycles. The highest BCUT2D eigenvalue weighted by atomic mass is 32.2. The number of halogens is 3. The molecule has 2 aromatic carbocycles. The fourth-order valence-corrected chi connectivity index (χ4v) is 3.82. The van der Waals surface area contributed by atoms with E-state index in [0.29, 0.717) is 23.3 Å². The lowest BCUT2D eigenvalue weighted by Crippen LogP contribution is -2.14. The lowest BCUT2D eigenvalue weighted by molar-refractivity contribution is -0.137. The maximum atomic E-state index is 12.8. The summed E-state index contributed by atoms with van der Waals surface area (Å²) in [6, 6.07) is 9.82. The Bertz CT molecular complexity index is 1070. The lowest BCUT2D eigenvalue weighted by atomic mass is 10.2. The molecular formula is C18H15F3N2O3S. The number of anilines is 1. The van der Waals surface area contributed by atoms with Crippen LogP contribution >= 0.6 is 0 Å². The van der Waals surface area contributed by atoms with E-state index in [0.717, 1.165) is 24.3 Å². The average Bonchev–Trinajstić information content (AvgIpc) is 2.61. The minimum absolute atomic E-state index is 0.0222. The standard InChI is InChI=1S/C18H15F3N2O3S/c1-2-26-15-9-10-16(14-4-3-11-22-17(14)15)27(24,25)23-13-7-5-12(6-8-13)18(19,20)21/h3-11,23H,2H2,1H3. The number of aromatic nitrogens is 1. The van der Waals surface area contributed by atoms with Crippen LogP contribution in [0.3, 0.4) is 0 Å². The molecule has 0 saturated heterocycles. The van der Waals surface area contributed by atoms with Crippen molar-refractivity contribution in [1.82, 2.24) is 4.98 Å². The topological polar surface area (TPSA) is 68.3 Å². The number of benzene rings is 2. The lowest BCUT2D eigenvalue weighted by Gasteiger charge is -2.13. The molecule has 3 aromatic rings. The van der Waals surface area contributed by atoms with Gasteiger partial charge >= 0.3 is 6.18 Å². The molecule has 9 heteroatoms. The molecule has 1 N–H and O–H groups in total. The minimum atomic E-state index is -4.49. The second-order valence-corrected chi connectivity index (χ2v) is 7.23. The molecule has 0 spiro atoms. The van der Waals surface area contributed by atoms with Crippen molar-refractivity contribution in [1.29, 1.82) is 0 Å². The van der Waals surface area contributed by atoms with Crippen molar-refractivity contribution in [3.05, 3.63) is 60.3 Å². The number of nitrogens with one attached hydrogen (secondary N) is 1. The van der Waals surface area contributed by atoms with Crippen LogP contribution < -0.4 is 9.46 Å². The smallest absolute Gasteiger partial charge is 0.416 e. The fourth-order valence-electron chi connectivity index (χ4n) is 2.56. The van der Waals surface area contributed by atoms with Gasteiger partial charge in [-0.25, -0.2) is 8.42 Å². The normalized spacial score (nSPS) is 12.1. The number of sulfonamides is 1. The Morgan fingerprint density at radius 1 is 1.07 bits per heavy atom. The van der Waals surface area contributed by atoms with E-state index in [-0.39, 0.29) is 10.6 Å². The molecular weight excluding hydrogens is 381 g/mol. The highest BCUT2D eigenvalue weighted by Gasteiger charge is 2.30. The van der Waals surface area contributed by atoms with Gasteiger partial charge in [0.2, 0.25) is 0 Å². The van der Waals surface area contributed by atoms with Crippen LogP contribution in [0.4, 0.5) is 18.9 Å². The summed E-state index contributed by atoms with van der Waals surface area (Å²) in [5, 5.41) is 0.350. The van der Waals surface area contributed by atoms with Gasteiger partial charge in [-0.05, 0) is 55.5 Å². The van der Waals surface area contributed by atoms with Gasteiger partial charge < -0.3 is 4.74 Å². The number of hydrogen-bond acceptors (Lipinski definition) is 4. The van der Waals surface area contributed by atoms with Gasteiger partial charge in [0.1, 0.15) is 11.3 Å². The minimum Gasteiger partial charge on any atom is -0.492 e. The Hall–Kier alpha value is -2.81. The Labute approximate surface area is 153 Å². The Morgan fingerprint density at radius 2 is 1.78 bits per heavy atom. The monoisotopic (exact) mass is 396 g/mol. The predicted octanol–water partition coefficient (Wildman–Crippen LogP) is 4.45. The third-order valence-electron chi connectivity index (χ3n) is 3.75. The highest BCUT2D eigenvalue weighted by Crippen LogP contribution is 2.32. The van der Waals surface area contributed by atoms with E-state index in [4.69, 9.17) is 4.74 Å². The number of fused-ring (bicyclic) bond motifs is 1. The van der Waals surface area contributed by atoms with Crippen LogP contribution in [0.1, 0.15) is 12.5 Å². The molecule has 1 heterocycles. The zero-order valence-corrected chi connectivity index (χ0v) is 14.9. The van der Waals surface area contributed by atoms with Gasteiger partial charge in [0.25, 0.3) is 10.0 Å². The molecule has 27 heavy (non-hydrogen) atoms. The van der Waals surface area contributed by atoms with Crippen LogP contribution in [0.2, 0.25) is 0 Å². The van der Waals surface area contributed by atoms with Gasteiger partial charge in [0.15, 0.2) is 0 Å². The van der Waals surface area contributed by atoms with Gasteiger partial charge in [0.05, 0.1) is 17.1 Å². The van der Waals surface area contributed by atoms with Crippen molar-refractivity contribution in [3.8, 4) is 5.75 Å². The Morgan fingerprint density at radius 3 is 2.41 bits per heavy atom. The number of pyridine rings is 1. The van der Waals surface area contributed by atoms with Crippen molar-refractivity contribution in [2.75, 3.05) is 11.3 Å². The molecule has 0 aliphatic heterocycles. The average molecular weight is 396 g/mol. The second kappa shape index (κ2) is 7.07. The van der Waals surface area contributed by atoms with Crippen LogP contribution in [0, 0.1) is 0 Å². The zero-order valence-electron chi connectivity index (χ0n) is 14.1. The van der Waals surface area contributed by atoms with Gasteiger partial charge in [-0.1, -0.05) is 0 Å². The number of ether oxygens (including phenoxy) is 1. The molecule has 0 unspecified atom stereocenters. The molecule has 0 bridgehead atoms. The van der Waals surface area contributed by atoms with Crippen molar-refractivity contribution in [3.63, 3.8) is 0 Å². The molecule has 5 nitrogen and oxygen atoms in total. The van der Waals surface area contributed by atoms with Crippen molar-refractivity contribution in [2.24, 2.45) is 0 Å². The second-order valence-electron chi connectivity index (χ2n) is 5.58. The number of hydrogen-bond donors (Lipinski definition) is 1. The van der Waals surface area contributed by atoms with Crippen molar-refractivity contribution >= 4 is 26.6 Å². The first-order valence-electron chi connectivity index (χ1n) is 7.93. The van der Waals surface area contributed by atoms with E-state index in [9.17, 15) is 21.6 Å². The van der Waals surface area contributed by atoms with E-state index >= 15 is 0 Å². The van der Waals surface area contributed by atoms with Gasteiger partial charge in [-0.15, -0.1) is 0 Å². The van der Waals surface area contributed by atoms with Crippen LogP contribution in [-0.2, 0) is 16.2 Å². The van der Waals surface area contributed by atoms with Gasteiger partial charge in [-0.3, -0.25) is 9.71 Å². The molecule has 0 amide bonds. The van der Waals surface area contributed by atoms with Crippen LogP contribution in [0.5, 0.6) is 5.75 Å². The molecule has 0 aliphatic carbocycles. The third kappa shape index (κ3) is 3.97. The molecule has 3 rings (SSSR count). The van der Waals surface area contributed by atoms with Gasteiger partial charge in [0, 0.05) is 17.3 Å². The van der Waals surface area contributed by atoms with Gasteiger partial charge in [-0.2, -0.15) is 13.2 Å². The summed E-state index contributed by atoms with van der Waals surface area (Å²) in [6.45, 7) is 2.19. The first-order chi connectivity index (χ1) is 12.7. The SMILES string of the molecule is CCOc1ccc(S(=O)(=O)Nc2ccc(C(F)(F)F)cc2)c2cccnc12. The first kappa shape index (κ1) is 19.0. The number of alkyl halides is 3. The van der Waals surface area contributed by atoms with Crippen LogP contribution in [0.15, 0.2) is 59.6 Å². The molecule has 0 radical (unpaired) electrons. The molecule has 0 aliphatic rings. The summed E-state index contributed by atoms with van der Waals surface area (Å²) in [4.78, 5) is 4.13. The maximum Gasteiger partial charge on any atom is 0.416 e. The number of nitrogens with zero attached hydrogens (tertiary/aromatic N) is 1. The summed E-state index contributed by atoms with van der Waals surface area (Å²) in [7, 11) is -4.05. The molecule has 0 fully saturated rings. The summed E-state index contributed by atoms with van der Waals surface area (Å²) in [5.74, 6) is 0.446. The van der Waals surface area contributed by atoms with E-state index < -0.39 is 21.8 Å². The van der Waals surface area contributed by atoms with Crippen molar-refractivity contribution in [2.45, 2.75) is 18.0 Å². The largest absolute Gasteiger partial charge is 0.492 e. The third-order valence-corrected chi connectivity index (χ3v) is 5.19. The summed E-state index contributed by atoms with van der Waals surface area (Å²) in [6.07, 6.45) is -2.97. The summed E-state index contributed by atoms with van der Waals surface area (Å²) in [5.41, 5.74) is -0.454. The van der Waals surface area contributed by atoms with E-state index in [1.54, 1.807) is 19.1 Å². The quantitative estimate of drug-likeness (QED) is 0.692. The van der Waals surface area contributed by atoms with E-state index in [2.05, 4.69) is 9.71 Å². The molecule has 0 atom stereocenters. The fraction of sp³-hybridized carbons (Fsp3) is 0.167. The number of rotatable bonds is 5. The maximum absolute atomic E-state index is 12.8. The molecule has 0 saturated carbocycles. The first-order valence-corrected chi connectivity index (χ1v) is 9.41. The summed E-state index contributed by atoms with van der Waals surface area (Å²) >= 11 is 0. The van der Waals surface area contributed by atoms with E-state index in [1.807, 2.05) is 0 Å². The van der Waals surface area contributed by atoms with Crippen LogP contribution in [0.25, 0.3) is 10.9 Å². The highest BCUT2D eigenvalue weighted by molar-refractivity contribution is 7.93. The molecule has 142 valence electrons.